The molecule has 5 heteroatoms. The first-order valence-corrected chi connectivity index (χ1v) is 5.90. The lowest BCUT2D eigenvalue weighted by molar-refractivity contribution is -0.123. The summed E-state index contributed by atoms with van der Waals surface area (Å²) < 4.78 is 0. The zero-order valence-corrected chi connectivity index (χ0v) is 10.2. The van der Waals surface area contributed by atoms with Crippen molar-refractivity contribution >= 4 is 11.9 Å². The van der Waals surface area contributed by atoms with Gasteiger partial charge < -0.3 is 16.0 Å². The van der Waals surface area contributed by atoms with Crippen LogP contribution in [0.15, 0.2) is 0 Å². The van der Waals surface area contributed by atoms with Crippen molar-refractivity contribution in [2.75, 3.05) is 0 Å². The fourth-order valence-corrected chi connectivity index (χ4v) is 1.19. The van der Waals surface area contributed by atoms with E-state index in [-0.39, 0.29) is 18.0 Å². The van der Waals surface area contributed by atoms with Crippen LogP contribution in [0.1, 0.15) is 40.0 Å². The van der Waals surface area contributed by atoms with Crippen LogP contribution in [-0.4, -0.2) is 30.1 Å². The van der Waals surface area contributed by atoms with E-state index in [9.17, 15) is 9.59 Å². The first-order chi connectivity index (χ1) is 7.52. The van der Waals surface area contributed by atoms with Crippen molar-refractivity contribution < 1.29 is 9.59 Å². The summed E-state index contributed by atoms with van der Waals surface area (Å²) in [5.74, 6) is -0.139. The highest BCUT2D eigenvalue weighted by Crippen LogP contribution is 2.18. The molecule has 0 bridgehead atoms. The van der Waals surface area contributed by atoms with E-state index in [0.29, 0.717) is 6.04 Å². The minimum Gasteiger partial charge on any atom is -0.352 e. The van der Waals surface area contributed by atoms with Gasteiger partial charge >= 0.3 is 6.03 Å². The molecule has 1 aliphatic carbocycles. The second-order valence-electron chi connectivity index (χ2n) is 4.43. The summed E-state index contributed by atoms with van der Waals surface area (Å²) >= 11 is 0. The summed E-state index contributed by atoms with van der Waals surface area (Å²) in [6, 6.07) is -0.296. The fourth-order valence-electron chi connectivity index (χ4n) is 1.19. The molecule has 0 radical (unpaired) electrons. The van der Waals surface area contributed by atoms with Crippen LogP contribution in [-0.2, 0) is 4.79 Å². The molecular weight excluding hydrogens is 206 g/mol. The van der Waals surface area contributed by atoms with Crippen LogP contribution in [0.2, 0.25) is 0 Å². The molecule has 0 aliphatic heterocycles. The van der Waals surface area contributed by atoms with Crippen molar-refractivity contribution in [2.45, 2.75) is 58.2 Å². The van der Waals surface area contributed by atoms with Gasteiger partial charge in [-0.1, -0.05) is 6.92 Å². The van der Waals surface area contributed by atoms with Crippen molar-refractivity contribution in [1.29, 1.82) is 0 Å². The third-order valence-electron chi connectivity index (χ3n) is 2.65. The standard InChI is InChI=1S/C11H21N3O2/c1-4-7(2)12-10(15)8(3)13-11(16)14-9-5-6-9/h7-9H,4-6H2,1-3H3,(H,12,15)(H2,13,14,16)/t7-,8+/m0/s1. The van der Waals surface area contributed by atoms with E-state index in [0.717, 1.165) is 19.3 Å². The summed E-state index contributed by atoms with van der Waals surface area (Å²) in [5.41, 5.74) is 0. The van der Waals surface area contributed by atoms with Crippen LogP contribution in [0.3, 0.4) is 0 Å². The topological polar surface area (TPSA) is 70.2 Å². The molecule has 1 saturated carbocycles. The Balaban J connectivity index is 2.23. The monoisotopic (exact) mass is 227 g/mol. The van der Waals surface area contributed by atoms with E-state index >= 15 is 0 Å². The molecule has 3 amide bonds. The molecule has 0 aromatic heterocycles. The quantitative estimate of drug-likeness (QED) is 0.648. The maximum atomic E-state index is 11.6. The summed E-state index contributed by atoms with van der Waals surface area (Å²) in [7, 11) is 0. The molecule has 92 valence electrons. The summed E-state index contributed by atoms with van der Waals surface area (Å²) in [5, 5.41) is 8.22. The lowest BCUT2D eigenvalue weighted by Gasteiger charge is -2.17. The fraction of sp³-hybridized carbons (Fsp3) is 0.818. The van der Waals surface area contributed by atoms with Crippen LogP contribution in [0.25, 0.3) is 0 Å². The largest absolute Gasteiger partial charge is 0.352 e. The molecule has 1 aliphatic rings. The number of nitrogens with one attached hydrogen (secondary N) is 3. The minimum absolute atomic E-state index is 0.139. The Bertz CT molecular complexity index is 264. The number of amides is 3. The highest BCUT2D eigenvalue weighted by molar-refractivity contribution is 5.86. The van der Waals surface area contributed by atoms with E-state index in [4.69, 9.17) is 0 Å². The van der Waals surface area contributed by atoms with Gasteiger partial charge in [-0.05, 0) is 33.1 Å². The van der Waals surface area contributed by atoms with Crippen molar-refractivity contribution in [1.82, 2.24) is 16.0 Å². The third-order valence-corrected chi connectivity index (χ3v) is 2.65. The van der Waals surface area contributed by atoms with Crippen LogP contribution in [0.5, 0.6) is 0 Å². The number of urea groups is 1. The van der Waals surface area contributed by atoms with Gasteiger partial charge in [0.25, 0.3) is 0 Å². The van der Waals surface area contributed by atoms with Gasteiger partial charge in [0, 0.05) is 12.1 Å². The first kappa shape index (κ1) is 12.8. The molecule has 0 spiro atoms. The van der Waals surface area contributed by atoms with E-state index in [1.807, 2.05) is 13.8 Å². The number of hydrogen-bond acceptors (Lipinski definition) is 2. The van der Waals surface area contributed by atoms with Gasteiger partial charge in [0.1, 0.15) is 6.04 Å². The van der Waals surface area contributed by atoms with Crippen LogP contribution in [0.4, 0.5) is 4.79 Å². The summed E-state index contributed by atoms with van der Waals surface area (Å²) in [6.45, 7) is 5.63. The smallest absolute Gasteiger partial charge is 0.315 e. The van der Waals surface area contributed by atoms with Gasteiger partial charge in [-0.3, -0.25) is 4.79 Å². The van der Waals surface area contributed by atoms with Gasteiger partial charge in [-0.2, -0.15) is 0 Å². The predicted molar refractivity (Wildman–Crippen MR) is 62.0 cm³/mol. The molecule has 1 rings (SSSR count). The van der Waals surface area contributed by atoms with Crippen molar-refractivity contribution in [3.8, 4) is 0 Å². The molecule has 0 unspecified atom stereocenters. The Kier molecular flexibility index (Phi) is 4.58. The summed E-state index contributed by atoms with van der Waals surface area (Å²) in [4.78, 5) is 23.0. The number of hydrogen-bond donors (Lipinski definition) is 3. The Labute approximate surface area is 96.4 Å². The molecule has 0 heterocycles. The van der Waals surface area contributed by atoms with Crippen molar-refractivity contribution in [3.05, 3.63) is 0 Å². The molecule has 0 saturated heterocycles. The number of carbonyl (C=O) groups excluding carboxylic acids is 2. The SMILES string of the molecule is CC[C@H](C)NC(=O)[C@@H](C)NC(=O)NC1CC1. The van der Waals surface area contributed by atoms with Gasteiger partial charge in [-0.15, -0.1) is 0 Å². The van der Waals surface area contributed by atoms with E-state index < -0.39 is 6.04 Å². The van der Waals surface area contributed by atoms with E-state index in [1.54, 1.807) is 6.92 Å². The number of carbonyl (C=O) groups is 2. The van der Waals surface area contributed by atoms with Gasteiger partial charge in [-0.25, -0.2) is 4.79 Å². The number of rotatable bonds is 5. The minimum atomic E-state index is -0.493. The lowest BCUT2D eigenvalue weighted by atomic mass is 10.2. The van der Waals surface area contributed by atoms with Crippen molar-refractivity contribution in [2.24, 2.45) is 0 Å². The average molecular weight is 227 g/mol. The first-order valence-electron chi connectivity index (χ1n) is 5.90. The maximum Gasteiger partial charge on any atom is 0.315 e. The molecule has 2 atom stereocenters. The Hall–Kier alpha value is -1.26. The molecule has 16 heavy (non-hydrogen) atoms. The average Bonchev–Trinajstić information content (AvgIpc) is 3.00. The second-order valence-corrected chi connectivity index (χ2v) is 4.43. The van der Waals surface area contributed by atoms with Gasteiger partial charge in [0.2, 0.25) is 5.91 Å². The Morgan fingerprint density at radius 2 is 1.88 bits per heavy atom. The van der Waals surface area contributed by atoms with Crippen LogP contribution in [0, 0.1) is 0 Å². The zero-order chi connectivity index (χ0) is 12.1. The molecule has 3 N–H and O–H groups in total. The van der Waals surface area contributed by atoms with E-state index in [2.05, 4.69) is 16.0 Å². The summed E-state index contributed by atoms with van der Waals surface area (Å²) in [6.07, 6.45) is 2.97. The molecule has 1 fully saturated rings. The second kappa shape index (κ2) is 5.72. The Morgan fingerprint density at radius 1 is 1.25 bits per heavy atom. The predicted octanol–water partition coefficient (Wildman–Crippen LogP) is 0.751. The molecule has 0 aromatic rings. The molecule has 0 aromatic carbocycles. The maximum absolute atomic E-state index is 11.6. The van der Waals surface area contributed by atoms with Crippen molar-refractivity contribution in [3.63, 3.8) is 0 Å². The molecule has 5 nitrogen and oxygen atoms in total. The van der Waals surface area contributed by atoms with E-state index in [1.165, 1.54) is 0 Å². The van der Waals surface area contributed by atoms with Gasteiger partial charge in [0.05, 0.1) is 0 Å². The highest BCUT2D eigenvalue weighted by atomic mass is 16.2. The molecular formula is C11H21N3O2. The van der Waals surface area contributed by atoms with Gasteiger partial charge in [0.15, 0.2) is 0 Å². The van der Waals surface area contributed by atoms with Crippen LogP contribution < -0.4 is 16.0 Å². The highest BCUT2D eigenvalue weighted by Gasteiger charge is 2.24. The van der Waals surface area contributed by atoms with Crippen LogP contribution >= 0.6 is 0 Å². The lowest BCUT2D eigenvalue weighted by Crippen LogP contribution is -2.50. The third kappa shape index (κ3) is 4.51. The Morgan fingerprint density at radius 3 is 2.38 bits per heavy atom. The normalized spacial score (nSPS) is 18.4. The zero-order valence-electron chi connectivity index (χ0n) is 10.2.